The first-order valence-electron chi connectivity index (χ1n) is 5.36. The lowest BCUT2D eigenvalue weighted by Crippen LogP contribution is -2.22. The Morgan fingerprint density at radius 3 is 2.60 bits per heavy atom. The fourth-order valence-corrected chi connectivity index (χ4v) is 1.30. The highest BCUT2D eigenvalue weighted by molar-refractivity contribution is 5.16. The van der Waals surface area contributed by atoms with E-state index in [1.54, 1.807) is 0 Å². The summed E-state index contributed by atoms with van der Waals surface area (Å²) in [6.45, 7) is 5.27. The van der Waals surface area contributed by atoms with Gasteiger partial charge in [-0.3, -0.25) is 0 Å². The Hall–Kier alpha value is -0.930. The van der Waals surface area contributed by atoms with Crippen molar-refractivity contribution in [1.82, 2.24) is 5.32 Å². The summed E-state index contributed by atoms with van der Waals surface area (Å²) in [5, 5.41) is 3.26. The third-order valence-corrected chi connectivity index (χ3v) is 2.13. The molecular weight excluding hydrogens is 193 g/mol. The molecule has 15 heavy (non-hydrogen) atoms. The number of hydrogen-bond donors (Lipinski definition) is 1. The van der Waals surface area contributed by atoms with E-state index in [1.807, 2.05) is 19.1 Å². The van der Waals surface area contributed by atoms with Crippen molar-refractivity contribution in [2.45, 2.75) is 13.3 Å². The van der Waals surface area contributed by atoms with Crippen LogP contribution in [0.4, 0.5) is 4.39 Å². The van der Waals surface area contributed by atoms with Crippen molar-refractivity contribution in [3.8, 4) is 0 Å². The lowest BCUT2D eigenvalue weighted by Gasteiger charge is -2.04. The summed E-state index contributed by atoms with van der Waals surface area (Å²) in [6.07, 6.45) is 0.923. The molecule has 0 saturated heterocycles. The highest BCUT2D eigenvalue weighted by atomic mass is 19.1. The zero-order chi connectivity index (χ0) is 10.9. The Morgan fingerprint density at radius 1 is 1.20 bits per heavy atom. The topological polar surface area (TPSA) is 21.3 Å². The third kappa shape index (κ3) is 5.50. The first-order chi connectivity index (χ1) is 7.33. The van der Waals surface area contributed by atoms with Crippen LogP contribution in [0, 0.1) is 5.82 Å². The van der Waals surface area contributed by atoms with Crippen LogP contribution in [-0.4, -0.2) is 26.3 Å². The minimum atomic E-state index is -0.178. The lowest BCUT2D eigenvalue weighted by molar-refractivity contribution is 0.149. The summed E-state index contributed by atoms with van der Waals surface area (Å²) in [4.78, 5) is 0. The number of rotatable bonds is 7. The fourth-order valence-electron chi connectivity index (χ4n) is 1.30. The minimum absolute atomic E-state index is 0.178. The van der Waals surface area contributed by atoms with Gasteiger partial charge in [-0.05, 0) is 37.6 Å². The standard InChI is InChI=1S/C12H18FNO/c1-2-15-10-9-14-8-7-11-3-5-12(13)6-4-11/h3-6,14H,2,7-10H2,1H3. The maximum Gasteiger partial charge on any atom is 0.123 e. The molecule has 1 aromatic carbocycles. The molecule has 84 valence electrons. The summed E-state index contributed by atoms with van der Waals surface area (Å²) in [7, 11) is 0. The van der Waals surface area contributed by atoms with E-state index in [4.69, 9.17) is 4.74 Å². The lowest BCUT2D eigenvalue weighted by atomic mass is 10.1. The monoisotopic (exact) mass is 211 g/mol. The summed E-state index contributed by atoms with van der Waals surface area (Å²) in [6, 6.07) is 6.63. The zero-order valence-corrected chi connectivity index (χ0v) is 9.13. The quantitative estimate of drug-likeness (QED) is 0.696. The average molecular weight is 211 g/mol. The molecule has 0 saturated carbocycles. The van der Waals surface area contributed by atoms with Crippen LogP contribution in [0.15, 0.2) is 24.3 Å². The Morgan fingerprint density at radius 2 is 1.93 bits per heavy atom. The van der Waals surface area contributed by atoms with Gasteiger partial charge in [0.1, 0.15) is 5.82 Å². The van der Waals surface area contributed by atoms with Crippen LogP contribution in [0.5, 0.6) is 0 Å². The fraction of sp³-hybridized carbons (Fsp3) is 0.500. The molecule has 2 nitrogen and oxygen atoms in total. The molecule has 0 aliphatic rings. The van der Waals surface area contributed by atoms with Crippen molar-refractivity contribution in [1.29, 1.82) is 0 Å². The summed E-state index contributed by atoms with van der Waals surface area (Å²) < 4.78 is 17.8. The van der Waals surface area contributed by atoms with Crippen molar-refractivity contribution < 1.29 is 9.13 Å². The molecule has 0 aromatic heterocycles. The maximum absolute atomic E-state index is 12.6. The van der Waals surface area contributed by atoms with Crippen molar-refractivity contribution in [3.05, 3.63) is 35.6 Å². The van der Waals surface area contributed by atoms with Crippen LogP contribution in [0.3, 0.4) is 0 Å². The van der Waals surface area contributed by atoms with Gasteiger partial charge in [0.15, 0.2) is 0 Å². The molecule has 3 heteroatoms. The number of hydrogen-bond acceptors (Lipinski definition) is 2. The highest BCUT2D eigenvalue weighted by Gasteiger charge is 1.93. The van der Waals surface area contributed by atoms with Crippen LogP contribution in [0.2, 0.25) is 0 Å². The molecule has 0 spiro atoms. The van der Waals surface area contributed by atoms with Gasteiger partial charge in [0.05, 0.1) is 6.61 Å². The minimum Gasteiger partial charge on any atom is -0.380 e. The SMILES string of the molecule is CCOCCNCCc1ccc(F)cc1. The van der Waals surface area contributed by atoms with Crippen molar-refractivity contribution in [2.75, 3.05) is 26.3 Å². The molecule has 0 amide bonds. The Balaban J connectivity index is 2.07. The number of nitrogens with one attached hydrogen (secondary N) is 1. The van der Waals surface area contributed by atoms with Gasteiger partial charge in [-0.1, -0.05) is 12.1 Å². The molecule has 1 N–H and O–H groups in total. The summed E-state index contributed by atoms with van der Waals surface area (Å²) in [5.74, 6) is -0.178. The van der Waals surface area contributed by atoms with E-state index in [-0.39, 0.29) is 5.82 Å². The predicted octanol–water partition coefficient (Wildman–Crippen LogP) is 1.99. The van der Waals surface area contributed by atoms with Gasteiger partial charge in [0, 0.05) is 13.2 Å². The van der Waals surface area contributed by atoms with Crippen LogP contribution >= 0.6 is 0 Å². The first-order valence-corrected chi connectivity index (χ1v) is 5.36. The maximum atomic E-state index is 12.6. The van der Waals surface area contributed by atoms with Gasteiger partial charge in [0.25, 0.3) is 0 Å². The number of benzene rings is 1. The van der Waals surface area contributed by atoms with Crippen LogP contribution < -0.4 is 5.32 Å². The predicted molar refractivity (Wildman–Crippen MR) is 59.5 cm³/mol. The summed E-state index contributed by atoms with van der Waals surface area (Å²) >= 11 is 0. The summed E-state index contributed by atoms with van der Waals surface area (Å²) in [5.41, 5.74) is 1.15. The first kappa shape index (κ1) is 12.1. The van der Waals surface area contributed by atoms with E-state index in [0.29, 0.717) is 0 Å². The Kier molecular flexibility index (Phi) is 5.97. The third-order valence-electron chi connectivity index (χ3n) is 2.13. The van der Waals surface area contributed by atoms with Crippen molar-refractivity contribution >= 4 is 0 Å². The molecule has 1 rings (SSSR count). The van der Waals surface area contributed by atoms with Gasteiger partial charge in [0.2, 0.25) is 0 Å². The second-order valence-electron chi connectivity index (χ2n) is 3.32. The Bertz CT molecular complexity index is 261. The van der Waals surface area contributed by atoms with Gasteiger partial charge in [-0.15, -0.1) is 0 Å². The van der Waals surface area contributed by atoms with E-state index in [1.165, 1.54) is 12.1 Å². The van der Waals surface area contributed by atoms with E-state index < -0.39 is 0 Å². The van der Waals surface area contributed by atoms with Gasteiger partial charge in [-0.25, -0.2) is 4.39 Å². The number of ether oxygens (including phenoxy) is 1. The van der Waals surface area contributed by atoms with Crippen LogP contribution in [0.25, 0.3) is 0 Å². The smallest absolute Gasteiger partial charge is 0.123 e. The molecule has 0 aliphatic carbocycles. The molecule has 0 unspecified atom stereocenters. The second-order valence-corrected chi connectivity index (χ2v) is 3.32. The zero-order valence-electron chi connectivity index (χ0n) is 9.13. The molecule has 0 aliphatic heterocycles. The van der Waals surface area contributed by atoms with Gasteiger partial charge in [-0.2, -0.15) is 0 Å². The van der Waals surface area contributed by atoms with E-state index in [0.717, 1.165) is 38.3 Å². The van der Waals surface area contributed by atoms with E-state index in [2.05, 4.69) is 5.32 Å². The van der Waals surface area contributed by atoms with Crippen LogP contribution in [-0.2, 0) is 11.2 Å². The molecule has 0 fully saturated rings. The van der Waals surface area contributed by atoms with Crippen molar-refractivity contribution in [3.63, 3.8) is 0 Å². The molecular formula is C12H18FNO. The van der Waals surface area contributed by atoms with Crippen LogP contribution in [0.1, 0.15) is 12.5 Å². The second kappa shape index (κ2) is 7.37. The van der Waals surface area contributed by atoms with E-state index >= 15 is 0 Å². The average Bonchev–Trinajstić information content (AvgIpc) is 2.26. The molecule has 0 atom stereocenters. The largest absolute Gasteiger partial charge is 0.380 e. The number of halogens is 1. The highest BCUT2D eigenvalue weighted by Crippen LogP contribution is 2.02. The van der Waals surface area contributed by atoms with Gasteiger partial charge < -0.3 is 10.1 Å². The van der Waals surface area contributed by atoms with E-state index in [9.17, 15) is 4.39 Å². The van der Waals surface area contributed by atoms with Gasteiger partial charge >= 0.3 is 0 Å². The Labute approximate surface area is 90.4 Å². The molecule has 0 bridgehead atoms. The molecule has 0 heterocycles. The molecule has 0 radical (unpaired) electrons. The normalized spacial score (nSPS) is 10.5. The van der Waals surface area contributed by atoms with Crippen molar-refractivity contribution in [2.24, 2.45) is 0 Å². The molecule has 1 aromatic rings.